The van der Waals surface area contributed by atoms with Crippen LogP contribution in [0.1, 0.15) is 11.6 Å². The van der Waals surface area contributed by atoms with Gasteiger partial charge in [-0.3, -0.25) is 10.1 Å². The van der Waals surface area contributed by atoms with Crippen molar-refractivity contribution < 1.29 is 4.92 Å². The van der Waals surface area contributed by atoms with E-state index in [9.17, 15) is 10.1 Å². The van der Waals surface area contributed by atoms with E-state index in [1.54, 1.807) is 6.07 Å². The Hall–Kier alpha value is -1.17. The van der Waals surface area contributed by atoms with Gasteiger partial charge in [0.05, 0.1) is 4.92 Å². The molecule has 1 atom stereocenters. The fourth-order valence-corrected chi connectivity index (χ4v) is 1.22. The van der Waals surface area contributed by atoms with Gasteiger partial charge in [0.1, 0.15) is 5.02 Å². The highest BCUT2D eigenvalue weighted by Crippen LogP contribution is 2.26. The van der Waals surface area contributed by atoms with Crippen LogP contribution in [-0.4, -0.2) is 11.5 Å². The summed E-state index contributed by atoms with van der Waals surface area (Å²) in [6.45, 7) is 0.235. The first-order valence-corrected chi connectivity index (χ1v) is 4.33. The highest BCUT2D eigenvalue weighted by molar-refractivity contribution is 6.32. The lowest BCUT2D eigenvalue weighted by Gasteiger charge is -2.08. The maximum absolute atomic E-state index is 10.5. The monoisotopic (exact) mass is 215 g/mol. The normalized spacial score (nSPS) is 12.5. The van der Waals surface area contributed by atoms with Crippen LogP contribution in [0.25, 0.3) is 0 Å². The SMILES string of the molecule is NC[C@H](N)c1ccc(Cl)c([N+](=O)[O-])c1. The first kappa shape index (κ1) is 10.9. The molecule has 0 aliphatic carbocycles. The molecule has 0 aliphatic rings. The van der Waals surface area contributed by atoms with Gasteiger partial charge < -0.3 is 11.5 Å². The van der Waals surface area contributed by atoms with Crippen molar-refractivity contribution in [3.8, 4) is 0 Å². The Morgan fingerprint density at radius 1 is 1.57 bits per heavy atom. The molecule has 76 valence electrons. The van der Waals surface area contributed by atoms with Gasteiger partial charge >= 0.3 is 0 Å². The van der Waals surface area contributed by atoms with Gasteiger partial charge in [-0.15, -0.1) is 0 Å². The number of nitro groups is 1. The van der Waals surface area contributed by atoms with Gasteiger partial charge in [-0.1, -0.05) is 17.7 Å². The molecule has 0 saturated heterocycles. The Morgan fingerprint density at radius 3 is 2.71 bits per heavy atom. The first-order chi connectivity index (χ1) is 6.56. The fraction of sp³-hybridized carbons (Fsp3) is 0.250. The molecule has 0 unspecified atom stereocenters. The van der Waals surface area contributed by atoms with Crippen molar-refractivity contribution >= 4 is 17.3 Å². The van der Waals surface area contributed by atoms with Crippen LogP contribution in [0.15, 0.2) is 18.2 Å². The van der Waals surface area contributed by atoms with Crippen LogP contribution in [-0.2, 0) is 0 Å². The number of nitrogens with two attached hydrogens (primary N) is 2. The van der Waals surface area contributed by atoms with Gasteiger partial charge in [0.15, 0.2) is 0 Å². The van der Waals surface area contributed by atoms with E-state index in [2.05, 4.69) is 0 Å². The van der Waals surface area contributed by atoms with E-state index in [-0.39, 0.29) is 17.3 Å². The van der Waals surface area contributed by atoms with Gasteiger partial charge in [-0.2, -0.15) is 0 Å². The smallest absolute Gasteiger partial charge is 0.288 e. The summed E-state index contributed by atoms with van der Waals surface area (Å²) in [7, 11) is 0. The molecule has 0 amide bonds. The fourth-order valence-electron chi connectivity index (χ4n) is 1.04. The van der Waals surface area contributed by atoms with E-state index >= 15 is 0 Å². The molecule has 0 aromatic heterocycles. The van der Waals surface area contributed by atoms with Crippen molar-refractivity contribution in [3.63, 3.8) is 0 Å². The molecule has 0 fully saturated rings. The molecule has 0 heterocycles. The summed E-state index contributed by atoms with van der Waals surface area (Å²) >= 11 is 5.63. The molecule has 0 aliphatic heterocycles. The molecule has 1 aromatic rings. The first-order valence-electron chi connectivity index (χ1n) is 3.95. The maximum atomic E-state index is 10.5. The third-order valence-electron chi connectivity index (χ3n) is 1.85. The van der Waals surface area contributed by atoms with Crippen molar-refractivity contribution in [3.05, 3.63) is 38.9 Å². The Morgan fingerprint density at radius 2 is 2.21 bits per heavy atom. The van der Waals surface area contributed by atoms with Gasteiger partial charge in [0.25, 0.3) is 5.69 Å². The molecule has 1 aromatic carbocycles. The van der Waals surface area contributed by atoms with Crippen molar-refractivity contribution in [1.29, 1.82) is 0 Å². The van der Waals surface area contributed by atoms with Gasteiger partial charge in [0.2, 0.25) is 0 Å². The summed E-state index contributed by atoms with van der Waals surface area (Å²) in [4.78, 5) is 9.99. The van der Waals surface area contributed by atoms with Crippen LogP contribution in [0, 0.1) is 10.1 Å². The van der Waals surface area contributed by atoms with Crippen molar-refractivity contribution in [2.24, 2.45) is 11.5 Å². The Kier molecular flexibility index (Phi) is 3.40. The molecule has 1 rings (SSSR count). The molecule has 0 saturated carbocycles. The largest absolute Gasteiger partial charge is 0.329 e. The standard InChI is InChI=1S/C8H10ClN3O2/c9-6-2-1-5(7(11)4-10)3-8(6)12(13)14/h1-3,7H,4,10-11H2/t7-/m0/s1. The third kappa shape index (κ3) is 2.20. The summed E-state index contributed by atoms with van der Waals surface area (Å²) in [5.74, 6) is 0. The van der Waals surface area contributed by atoms with Crippen LogP contribution in [0.5, 0.6) is 0 Å². The number of nitro benzene ring substituents is 1. The number of nitrogens with zero attached hydrogens (tertiary/aromatic N) is 1. The number of hydrogen-bond donors (Lipinski definition) is 2. The van der Waals surface area contributed by atoms with E-state index < -0.39 is 11.0 Å². The second-order valence-corrected chi connectivity index (χ2v) is 3.22. The van der Waals surface area contributed by atoms with Crippen LogP contribution in [0.4, 0.5) is 5.69 Å². The van der Waals surface area contributed by atoms with Crippen molar-refractivity contribution in [1.82, 2.24) is 0 Å². The zero-order valence-electron chi connectivity index (χ0n) is 7.31. The average molecular weight is 216 g/mol. The molecule has 0 radical (unpaired) electrons. The topological polar surface area (TPSA) is 95.2 Å². The predicted molar refractivity (Wildman–Crippen MR) is 54.1 cm³/mol. The summed E-state index contributed by atoms with van der Waals surface area (Å²) in [6.07, 6.45) is 0. The van der Waals surface area contributed by atoms with E-state index in [0.29, 0.717) is 5.56 Å². The minimum absolute atomic E-state index is 0.1000. The third-order valence-corrected chi connectivity index (χ3v) is 2.17. The van der Waals surface area contributed by atoms with Gasteiger partial charge in [-0.05, 0) is 11.6 Å². The zero-order chi connectivity index (χ0) is 10.7. The summed E-state index contributed by atoms with van der Waals surface area (Å²) in [6, 6.07) is 4.03. The number of halogens is 1. The van der Waals surface area contributed by atoms with E-state index in [4.69, 9.17) is 23.1 Å². The molecule has 0 spiro atoms. The molecule has 14 heavy (non-hydrogen) atoms. The molecular weight excluding hydrogens is 206 g/mol. The summed E-state index contributed by atoms with van der Waals surface area (Å²) < 4.78 is 0. The molecule has 0 bridgehead atoms. The van der Waals surface area contributed by atoms with Crippen molar-refractivity contribution in [2.75, 3.05) is 6.54 Å². The highest BCUT2D eigenvalue weighted by atomic mass is 35.5. The molecule has 6 heteroatoms. The second kappa shape index (κ2) is 4.36. The van der Waals surface area contributed by atoms with Crippen LogP contribution in [0.2, 0.25) is 5.02 Å². The lowest BCUT2D eigenvalue weighted by Crippen LogP contribution is -2.20. The average Bonchev–Trinajstić information content (AvgIpc) is 2.17. The lowest BCUT2D eigenvalue weighted by molar-refractivity contribution is -0.384. The highest BCUT2D eigenvalue weighted by Gasteiger charge is 2.14. The quantitative estimate of drug-likeness (QED) is 0.585. The Bertz CT molecular complexity index is 356. The molecule has 4 N–H and O–H groups in total. The molecule has 5 nitrogen and oxygen atoms in total. The second-order valence-electron chi connectivity index (χ2n) is 2.81. The molecular formula is C8H10ClN3O2. The summed E-state index contributed by atoms with van der Waals surface area (Å²) in [5.41, 5.74) is 11.4. The van der Waals surface area contributed by atoms with Crippen LogP contribution < -0.4 is 11.5 Å². The Balaban J connectivity index is 3.12. The van der Waals surface area contributed by atoms with Gasteiger partial charge in [0, 0.05) is 18.7 Å². The van der Waals surface area contributed by atoms with Crippen molar-refractivity contribution in [2.45, 2.75) is 6.04 Å². The Labute approximate surface area is 85.8 Å². The van der Waals surface area contributed by atoms with Gasteiger partial charge in [-0.25, -0.2) is 0 Å². The minimum Gasteiger partial charge on any atom is -0.329 e. The number of rotatable bonds is 3. The zero-order valence-corrected chi connectivity index (χ0v) is 8.07. The van der Waals surface area contributed by atoms with Crippen LogP contribution >= 0.6 is 11.6 Å². The number of hydrogen-bond acceptors (Lipinski definition) is 4. The minimum atomic E-state index is -0.547. The predicted octanol–water partition coefficient (Wildman–Crippen LogP) is 1.21. The van der Waals surface area contributed by atoms with E-state index in [1.165, 1.54) is 12.1 Å². The van der Waals surface area contributed by atoms with Crippen LogP contribution in [0.3, 0.4) is 0 Å². The number of benzene rings is 1. The van der Waals surface area contributed by atoms with E-state index in [1.807, 2.05) is 0 Å². The lowest BCUT2D eigenvalue weighted by atomic mass is 10.1. The maximum Gasteiger partial charge on any atom is 0.288 e. The summed E-state index contributed by atoms with van der Waals surface area (Å²) in [5, 5.41) is 10.6. The van der Waals surface area contributed by atoms with E-state index in [0.717, 1.165) is 0 Å².